The molecule has 25 heavy (non-hydrogen) atoms. The van der Waals surface area contributed by atoms with Crippen LogP contribution in [-0.2, 0) is 9.47 Å². The van der Waals surface area contributed by atoms with Crippen molar-refractivity contribution in [3.63, 3.8) is 0 Å². The first-order valence-corrected chi connectivity index (χ1v) is 7.96. The number of methoxy groups -OCH3 is 1. The summed E-state index contributed by atoms with van der Waals surface area (Å²) >= 11 is 0. The molecule has 1 fully saturated rings. The zero-order valence-electron chi connectivity index (χ0n) is 13.9. The molecule has 0 radical (unpaired) electrons. The van der Waals surface area contributed by atoms with Gasteiger partial charge in [0.05, 0.1) is 37.3 Å². The average Bonchev–Trinajstić information content (AvgIpc) is 2.68. The number of pyridine rings is 1. The molecule has 1 aliphatic heterocycles. The summed E-state index contributed by atoms with van der Waals surface area (Å²) < 4.78 is 10.1. The number of nitrogens with zero attached hydrogens (tertiary/aromatic N) is 2. The smallest absolute Gasteiger partial charge is 0.337 e. The predicted octanol–water partition coefficient (Wildman–Crippen LogP) is 1.96. The van der Waals surface area contributed by atoms with Crippen LogP contribution in [0.5, 0.6) is 0 Å². The van der Waals surface area contributed by atoms with E-state index in [1.165, 1.54) is 7.11 Å². The van der Waals surface area contributed by atoms with Gasteiger partial charge in [0.25, 0.3) is 5.91 Å². The highest BCUT2D eigenvalue weighted by molar-refractivity contribution is 6.05. The number of aromatic nitrogens is 1. The molecule has 1 amide bonds. The van der Waals surface area contributed by atoms with E-state index >= 15 is 0 Å². The van der Waals surface area contributed by atoms with Gasteiger partial charge in [0, 0.05) is 19.3 Å². The number of hydrogen-bond acceptors (Lipinski definition) is 6. The molecule has 1 N–H and O–H groups in total. The normalized spacial score (nSPS) is 14.0. The molecule has 0 bridgehead atoms. The molecule has 3 rings (SSSR count). The van der Waals surface area contributed by atoms with Crippen LogP contribution in [0, 0.1) is 0 Å². The molecule has 1 aromatic carbocycles. The van der Waals surface area contributed by atoms with Crippen LogP contribution in [0.25, 0.3) is 0 Å². The van der Waals surface area contributed by atoms with Crippen molar-refractivity contribution in [2.45, 2.75) is 0 Å². The molecule has 0 spiro atoms. The largest absolute Gasteiger partial charge is 0.465 e. The van der Waals surface area contributed by atoms with Gasteiger partial charge in [-0.25, -0.2) is 4.79 Å². The number of benzene rings is 1. The van der Waals surface area contributed by atoms with E-state index in [4.69, 9.17) is 9.47 Å². The number of amides is 1. The fraction of sp³-hybridized carbons (Fsp3) is 0.278. The highest BCUT2D eigenvalue weighted by atomic mass is 16.5. The lowest BCUT2D eigenvalue weighted by molar-refractivity contribution is 0.0600. The molecule has 0 atom stereocenters. The maximum atomic E-state index is 12.5. The number of carbonyl (C=O) groups excluding carboxylic acids is 2. The van der Waals surface area contributed by atoms with Gasteiger partial charge in [0.2, 0.25) is 0 Å². The number of rotatable bonds is 4. The summed E-state index contributed by atoms with van der Waals surface area (Å²) in [7, 11) is 1.32. The molecule has 1 aliphatic rings. The Morgan fingerprint density at radius 2 is 2.00 bits per heavy atom. The topological polar surface area (TPSA) is 80.8 Å². The van der Waals surface area contributed by atoms with E-state index in [-0.39, 0.29) is 5.91 Å². The van der Waals surface area contributed by atoms with Gasteiger partial charge in [-0.3, -0.25) is 9.78 Å². The van der Waals surface area contributed by atoms with Crippen LogP contribution in [0.4, 0.5) is 11.4 Å². The van der Waals surface area contributed by atoms with Crippen molar-refractivity contribution in [1.29, 1.82) is 0 Å². The Labute approximate surface area is 145 Å². The highest BCUT2D eigenvalue weighted by Gasteiger charge is 2.19. The molecule has 2 aromatic rings. The van der Waals surface area contributed by atoms with E-state index in [0.29, 0.717) is 43.2 Å². The van der Waals surface area contributed by atoms with Gasteiger partial charge >= 0.3 is 5.97 Å². The van der Waals surface area contributed by atoms with Crippen LogP contribution >= 0.6 is 0 Å². The zero-order valence-corrected chi connectivity index (χ0v) is 13.9. The Balaban J connectivity index is 1.92. The van der Waals surface area contributed by atoms with Crippen LogP contribution < -0.4 is 10.2 Å². The molecule has 0 unspecified atom stereocenters. The highest BCUT2D eigenvalue weighted by Crippen LogP contribution is 2.28. The van der Waals surface area contributed by atoms with E-state index in [1.807, 2.05) is 6.07 Å². The van der Waals surface area contributed by atoms with Crippen molar-refractivity contribution >= 4 is 23.3 Å². The van der Waals surface area contributed by atoms with Crippen LogP contribution in [0.15, 0.2) is 42.6 Å². The van der Waals surface area contributed by atoms with Crippen molar-refractivity contribution in [2.24, 2.45) is 0 Å². The Bertz CT molecular complexity index is 758. The average molecular weight is 341 g/mol. The van der Waals surface area contributed by atoms with E-state index in [1.54, 1.807) is 36.5 Å². The number of hydrogen-bond donors (Lipinski definition) is 1. The summed E-state index contributed by atoms with van der Waals surface area (Å²) in [6.45, 7) is 2.66. The van der Waals surface area contributed by atoms with Gasteiger partial charge in [0.15, 0.2) is 0 Å². The van der Waals surface area contributed by atoms with Gasteiger partial charge in [-0.15, -0.1) is 0 Å². The third-order valence-electron chi connectivity index (χ3n) is 3.92. The first-order chi connectivity index (χ1) is 12.2. The van der Waals surface area contributed by atoms with Crippen molar-refractivity contribution in [3.8, 4) is 0 Å². The lowest BCUT2D eigenvalue weighted by Crippen LogP contribution is -2.36. The molecule has 0 aliphatic carbocycles. The lowest BCUT2D eigenvalue weighted by Gasteiger charge is -2.30. The summed E-state index contributed by atoms with van der Waals surface area (Å²) in [4.78, 5) is 30.5. The second kappa shape index (κ2) is 7.76. The molecule has 1 saturated heterocycles. The Morgan fingerprint density at radius 1 is 1.20 bits per heavy atom. The third-order valence-corrected chi connectivity index (χ3v) is 3.92. The lowest BCUT2D eigenvalue weighted by atomic mass is 10.1. The van der Waals surface area contributed by atoms with Gasteiger partial charge < -0.3 is 19.7 Å². The maximum Gasteiger partial charge on any atom is 0.337 e. The Morgan fingerprint density at radius 3 is 2.68 bits per heavy atom. The second-order valence-electron chi connectivity index (χ2n) is 5.49. The van der Waals surface area contributed by atoms with Crippen LogP contribution in [0.2, 0.25) is 0 Å². The van der Waals surface area contributed by atoms with Crippen LogP contribution in [-0.4, -0.2) is 50.3 Å². The van der Waals surface area contributed by atoms with Crippen molar-refractivity contribution in [1.82, 2.24) is 4.98 Å². The molecule has 7 nitrogen and oxygen atoms in total. The minimum absolute atomic E-state index is 0.305. The summed E-state index contributed by atoms with van der Waals surface area (Å²) in [5, 5.41) is 2.85. The molecule has 2 heterocycles. The van der Waals surface area contributed by atoms with Crippen molar-refractivity contribution < 1.29 is 19.1 Å². The number of carbonyl (C=O) groups is 2. The maximum absolute atomic E-state index is 12.5. The summed E-state index contributed by atoms with van der Waals surface area (Å²) in [6, 6.07) is 10.2. The summed E-state index contributed by atoms with van der Waals surface area (Å²) in [5.74, 6) is -0.793. The quantitative estimate of drug-likeness (QED) is 0.856. The second-order valence-corrected chi connectivity index (χ2v) is 5.49. The van der Waals surface area contributed by atoms with Gasteiger partial charge in [-0.1, -0.05) is 6.07 Å². The Kier molecular flexibility index (Phi) is 5.25. The standard InChI is InChI=1S/C18H19N3O4/c1-24-18(23)13-5-6-16(21-8-10-25-11-9-21)15(12-13)20-17(22)14-4-2-3-7-19-14/h2-7,12H,8-11H2,1H3,(H,20,22). The first-order valence-electron chi connectivity index (χ1n) is 7.96. The molecule has 0 saturated carbocycles. The van der Waals surface area contributed by atoms with E-state index in [0.717, 1.165) is 5.69 Å². The molecular formula is C18H19N3O4. The summed E-state index contributed by atoms with van der Waals surface area (Å²) in [6.07, 6.45) is 1.56. The van der Waals surface area contributed by atoms with Crippen LogP contribution in [0.1, 0.15) is 20.8 Å². The SMILES string of the molecule is COC(=O)c1ccc(N2CCOCC2)c(NC(=O)c2ccccn2)c1. The molecular weight excluding hydrogens is 322 g/mol. The van der Waals surface area contributed by atoms with Gasteiger partial charge in [0.1, 0.15) is 5.69 Å². The number of anilines is 2. The number of morpholine rings is 1. The third kappa shape index (κ3) is 3.95. The van der Waals surface area contributed by atoms with Crippen LogP contribution in [0.3, 0.4) is 0 Å². The predicted molar refractivity (Wildman–Crippen MR) is 93.0 cm³/mol. The molecule has 1 aromatic heterocycles. The number of nitrogens with one attached hydrogen (secondary N) is 1. The van der Waals surface area contributed by atoms with Crippen molar-refractivity contribution in [3.05, 3.63) is 53.9 Å². The zero-order chi connectivity index (χ0) is 17.6. The fourth-order valence-corrected chi connectivity index (χ4v) is 2.64. The molecule has 130 valence electrons. The monoisotopic (exact) mass is 341 g/mol. The minimum Gasteiger partial charge on any atom is -0.465 e. The number of esters is 1. The van der Waals surface area contributed by atoms with E-state index in [9.17, 15) is 9.59 Å². The Hall–Kier alpha value is -2.93. The summed E-state index contributed by atoms with van der Waals surface area (Å²) in [5.41, 5.74) is 2.05. The van der Waals surface area contributed by atoms with Gasteiger partial charge in [-0.2, -0.15) is 0 Å². The number of ether oxygens (including phenoxy) is 2. The minimum atomic E-state index is -0.457. The van der Waals surface area contributed by atoms with E-state index in [2.05, 4.69) is 15.2 Å². The first kappa shape index (κ1) is 16.9. The van der Waals surface area contributed by atoms with Gasteiger partial charge in [-0.05, 0) is 30.3 Å². The van der Waals surface area contributed by atoms with E-state index < -0.39 is 5.97 Å². The fourth-order valence-electron chi connectivity index (χ4n) is 2.64. The molecule has 7 heteroatoms. The van der Waals surface area contributed by atoms with Crippen molar-refractivity contribution in [2.75, 3.05) is 43.6 Å².